The third-order valence-corrected chi connectivity index (χ3v) is 3.45. The van der Waals surface area contributed by atoms with Crippen LogP contribution >= 0.6 is 0 Å². The van der Waals surface area contributed by atoms with Gasteiger partial charge in [0.15, 0.2) is 0 Å². The van der Waals surface area contributed by atoms with Crippen molar-refractivity contribution in [1.82, 2.24) is 21.0 Å². The highest BCUT2D eigenvalue weighted by Gasteiger charge is 2.09. The third kappa shape index (κ3) is 3.88. The molecule has 0 atom stereocenters. The maximum atomic E-state index is 11.8. The van der Waals surface area contributed by atoms with E-state index in [2.05, 4.69) is 27.6 Å². The summed E-state index contributed by atoms with van der Waals surface area (Å²) < 4.78 is 0. The molecule has 0 aliphatic carbocycles. The molecule has 0 saturated heterocycles. The number of amides is 1. The van der Waals surface area contributed by atoms with Crippen molar-refractivity contribution < 1.29 is 4.79 Å². The fourth-order valence-corrected chi connectivity index (χ4v) is 2.05. The lowest BCUT2D eigenvalue weighted by Crippen LogP contribution is -2.36. The number of hydrogen-bond acceptors (Lipinski definition) is 3. The Labute approximate surface area is 128 Å². The quantitative estimate of drug-likeness (QED) is 0.610. The van der Waals surface area contributed by atoms with Crippen LogP contribution in [0.1, 0.15) is 28.8 Å². The van der Waals surface area contributed by atoms with Gasteiger partial charge >= 0.3 is 0 Å². The van der Waals surface area contributed by atoms with E-state index < -0.39 is 0 Å². The molecule has 6 heteroatoms. The average molecular weight is 300 g/mol. The van der Waals surface area contributed by atoms with Crippen LogP contribution in [0.5, 0.6) is 0 Å². The van der Waals surface area contributed by atoms with Gasteiger partial charge in [0.1, 0.15) is 0 Å². The van der Waals surface area contributed by atoms with Crippen LogP contribution in [0.2, 0.25) is 0 Å². The van der Waals surface area contributed by atoms with E-state index >= 15 is 0 Å². The Bertz CT molecular complexity index is 725. The van der Waals surface area contributed by atoms with E-state index in [1.165, 1.54) is 0 Å². The zero-order valence-corrected chi connectivity index (χ0v) is 12.7. The van der Waals surface area contributed by atoms with Crippen LogP contribution in [0.15, 0.2) is 35.6 Å². The highest BCUT2D eigenvalue weighted by Crippen LogP contribution is 2.09. The van der Waals surface area contributed by atoms with E-state index in [-0.39, 0.29) is 17.9 Å². The van der Waals surface area contributed by atoms with Crippen molar-refractivity contribution in [2.24, 2.45) is 0 Å². The van der Waals surface area contributed by atoms with Crippen molar-refractivity contribution in [2.75, 3.05) is 0 Å². The van der Waals surface area contributed by atoms with Gasteiger partial charge in [0, 0.05) is 17.7 Å². The van der Waals surface area contributed by atoms with E-state index in [1.54, 1.807) is 6.92 Å². The van der Waals surface area contributed by atoms with Crippen LogP contribution in [0, 0.1) is 13.8 Å². The van der Waals surface area contributed by atoms with Crippen molar-refractivity contribution >= 4 is 11.6 Å². The Kier molecular flexibility index (Phi) is 4.83. The van der Waals surface area contributed by atoms with E-state index in [0.717, 1.165) is 16.8 Å². The molecule has 0 bridgehead atoms. The number of H-pyrrole nitrogens is 2. The summed E-state index contributed by atoms with van der Waals surface area (Å²) in [6.45, 7) is 7.68. The molecule has 2 rings (SSSR count). The van der Waals surface area contributed by atoms with Crippen molar-refractivity contribution in [3.63, 3.8) is 0 Å². The van der Waals surface area contributed by atoms with Gasteiger partial charge < -0.3 is 5.10 Å². The maximum absolute atomic E-state index is 11.8. The Morgan fingerprint density at radius 2 is 1.82 bits per heavy atom. The highest BCUT2D eigenvalue weighted by atomic mass is 16.2. The predicted molar refractivity (Wildman–Crippen MR) is 86.0 cm³/mol. The summed E-state index contributed by atoms with van der Waals surface area (Å²) >= 11 is 0. The summed E-state index contributed by atoms with van der Waals surface area (Å²) in [5.74, 6) is -0.201. The normalized spacial score (nSPS) is 10.3. The second-order valence-electron chi connectivity index (χ2n) is 5.20. The summed E-state index contributed by atoms with van der Waals surface area (Å²) in [6, 6.07) is 7.81. The molecule has 0 unspecified atom stereocenters. The molecule has 0 fully saturated rings. The summed E-state index contributed by atoms with van der Waals surface area (Å²) in [5.41, 5.74) is 9.24. The number of hydrogen-bond donors (Lipinski definition) is 4. The van der Waals surface area contributed by atoms with E-state index in [4.69, 9.17) is 0 Å². The Morgan fingerprint density at radius 3 is 2.41 bits per heavy atom. The van der Waals surface area contributed by atoms with Gasteiger partial charge in [-0.1, -0.05) is 36.4 Å². The molecule has 1 aromatic heterocycles. The lowest BCUT2D eigenvalue weighted by atomic mass is 10.1. The van der Waals surface area contributed by atoms with Gasteiger partial charge in [-0.3, -0.25) is 25.5 Å². The van der Waals surface area contributed by atoms with Crippen molar-refractivity contribution in [3.8, 4) is 0 Å². The monoisotopic (exact) mass is 300 g/mol. The smallest absolute Gasteiger partial charge is 0.267 e. The number of aromatic amines is 2. The molecule has 1 amide bonds. The molecule has 0 aliphatic heterocycles. The molecular weight excluding hydrogens is 280 g/mol. The number of nitrogens with one attached hydrogen (secondary N) is 4. The van der Waals surface area contributed by atoms with Gasteiger partial charge in [-0.2, -0.15) is 0 Å². The number of benzene rings is 1. The molecule has 0 spiro atoms. The number of carbonyl (C=O) groups is 1. The van der Waals surface area contributed by atoms with Crippen LogP contribution in [0.25, 0.3) is 5.70 Å². The second-order valence-corrected chi connectivity index (χ2v) is 5.20. The largest absolute Gasteiger partial charge is 0.302 e. The first-order chi connectivity index (χ1) is 10.5. The number of hydrazine groups is 1. The van der Waals surface area contributed by atoms with E-state index in [0.29, 0.717) is 17.7 Å². The number of aromatic nitrogens is 2. The molecule has 116 valence electrons. The summed E-state index contributed by atoms with van der Waals surface area (Å²) in [6.07, 6.45) is 0.602. The van der Waals surface area contributed by atoms with Crippen LogP contribution in [-0.2, 0) is 11.2 Å². The summed E-state index contributed by atoms with van der Waals surface area (Å²) in [5, 5.41) is 5.23. The fraction of sp³-hybridized carbons (Fsp3) is 0.250. The highest BCUT2D eigenvalue weighted by molar-refractivity contribution is 5.77. The number of rotatable bonds is 6. The van der Waals surface area contributed by atoms with Crippen LogP contribution in [0.4, 0.5) is 0 Å². The molecule has 0 saturated carbocycles. The number of carbonyl (C=O) groups excluding carboxylic acids is 1. The topological polar surface area (TPSA) is 89.8 Å². The molecule has 2 aromatic rings. The van der Waals surface area contributed by atoms with Gasteiger partial charge in [0.2, 0.25) is 5.91 Å². The Morgan fingerprint density at radius 1 is 1.14 bits per heavy atom. The standard InChI is InChI=1S/C16H20N4O2/c1-10-4-6-13(7-5-10)11(2)17-19-15(21)9-8-14-12(3)18-20-16(14)22/h4-7,17H,2,8-9H2,1,3H3,(H,19,21)(H2,18,20,22). The van der Waals surface area contributed by atoms with Gasteiger partial charge in [-0.05, 0) is 25.8 Å². The van der Waals surface area contributed by atoms with Gasteiger partial charge in [0.05, 0.1) is 5.70 Å². The minimum absolute atomic E-state index is 0.178. The van der Waals surface area contributed by atoms with Crippen molar-refractivity contribution in [1.29, 1.82) is 0 Å². The maximum Gasteiger partial charge on any atom is 0.267 e. The van der Waals surface area contributed by atoms with Crippen molar-refractivity contribution in [3.05, 3.63) is 63.6 Å². The zero-order valence-electron chi connectivity index (χ0n) is 12.7. The predicted octanol–water partition coefficient (Wildman–Crippen LogP) is 1.54. The van der Waals surface area contributed by atoms with Crippen LogP contribution < -0.4 is 16.4 Å². The molecular formula is C16H20N4O2. The molecule has 0 aliphatic rings. The Balaban J connectivity index is 1.81. The minimum atomic E-state index is -0.201. The first-order valence-corrected chi connectivity index (χ1v) is 7.04. The molecule has 22 heavy (non-hydrogen) atoms. The van der Waals surface area contributed by atoms with Crippen molar-refractivity contribution in [2.45, 2.75) is 26.7 Å². The van der Waals surface area contributed by atoms with Gasteiger partial charge in [0.25, 0.3) is 5.56 Å². The fourth-order valence-electron chi connectivity index (χ4n) is 2.05. The van der Waals surface area contributed by atoms with Crippen LogP contribution in [-0.4, -0.2) is 16.1 Å². The molecule has 1 heterocycles. The third-order valence-electron chi connectivity index (χ3n) is 3.45. The summed E-state index contributed by atoms with van der Waals surface area (Å²) in [7, 11) is 0. The zero-order chi connectivity index (χ0) is 16.1. The molecule has 0 radical (unpaired) electrons. The van der Waals surface area contributed by atoms with Gasteiger partial charge in [-0.25, -0.2) is 0 Å². The van der Waals surface area contributed by atoms with Crippen LogP contribution in [0.3, 0.4) is 0 Å². The lowest BCUT2D eigenvalue weighted by molar-refractivity contribution is -0.121. The molecule has 1 aromatic carbocycles. The Hall–Kier alpha value is -2.76. The SMILES string of the molecule is C=C(NNC(=O)CCc1c(C)[nH][nH]c1=O)c1ccc(C)cc1. The first kappa shape index (κ1) is 15.6. The second kappa shape index (κ2) is 6.80. The minimum Gasteiger partial charge on any atom is -0.302 e. The van der Waals surface area contributed by atoms with Gasteiger partial charge in [-0.15, -0.1) is 0 Å². The molecule has 4 N–H and O–H groups in total. The van der Waals surface area contributed by atoms with E-state index in [9.17, 15) is 9.59 Å². The first-order valence-electron chi connectivity index (χ1n) is 7.04. The molecule has 6 nitrogen and oxygen atoms in total. The summed E-state index contributed by atoms with van der Waals surface area (Å²) in [4.78, 5) is 23.3. The average Bonchev–Trinajstić information content (AvgIpc) is 2.82. The van der Waals surface area contributed by atoms with E-state index in [1.807, 2.05) is 31.2 Å². The lowest BCUT2D eigenvalue weighted by Gasteiger charge is -2.11. The number of aryl methyl sites for hydroxylation is 2.